The number of nitrogens with zero attached hydrogens (tertiary/aromatic N) is 5. The fraction of sp³-hybridized carbons (Fsp3) is 0.217. The van der Waals surface area contributed by atoms with E-state index in [0.717, 1.165) is 48.5 Å². The molecule has 1 amide bonds. The summed E-state index contributed by atoms with van der Waals surface area (Å²) in [4.78, 5) is 19.6. The van der Waals surface area contributed by atoms with E-state index in [4.69, 9.17) is 0 Å². The lowest BCUT2D eigenvalue weighted by Crippen LogP contribution is -2.38. The van der Waals surface area contributed by atoms with Crippen molar-refractivity contribution < 1.29 is 9.90 Å². The predicted octanol–water partition coefficient (Wildman–Crippen LogP) is 3.38. The summed E-state index contributed by atoms with van der Waals surface area (Å²) in [6.07, 6.45) is 4.74. The summed E-state index contributed by atoms with van der Waals surface area (Å²) < 4.78 is 1.79. The Balaban J connectivity index is 1.23. The normalized spacial score (nSPS) is 14.6. The number of para-hydroxylation sites is 1. The van der Waals surface area contributed by atoms with Crippen LogP contribution in [0.25, 0.3) is 16.6 Å². The monoisotopic (exact) mass is 414 g/mol. The van der Waals surface area contributed by atoms with Crippen LogP contribution in [0, 0.1) is 5.92 Å². The molecule has 2 N–H and O–H groups in total. The van der Waals surface area contributed by atoms with Crippen LogP contribution in [0.15, 0.2) is 67.3 Å². The number of hydrogen-bond acceptors (Lipinski definition) is 6. The Morgan fingerprint density at radius 1 is 1.00 bits per heavy atom. The van der Waals surface area contributed by atoms with Gasteiger partial charge in [0, 0.05) is 30.1 Å². The third-order valence-electron chi connectivity index (χ3n) is 5.70. The first-order valence-electron chi connectivity index (χ1n) is 10.3. The average molecular weight is 414 g/mol. The molecule has 1 fully saturated rings. The number of aromatic nitrogens is 4. The maximum absolute atomic E-state index is 12.8. The number of pyridine rings is 1. The number of hydrogen-bond donors (Lipinski definition) is 2. The van der Waals surface area contributed by atoms with Crippen molar-refractivity contribution in [2.45, 2.75) is 12.8 Å². The van der Waals surface area contributed by atoms with E-state index in [1.807, 2.05) is 48.5 Å². The van der Waals surface area contributed by atoms with E-state index >= 15 is 0 Å². The van der Waals surface area contributed by atoms with E-state index in [1.54, 1.807) is 23.3 Å². The van der Waals surface area contributed by atoms with Gasteiger partial charge in [0.05, 0.1) is 5.69 Å². The summed E-state index contributed by atoms with van der Waals surface area (Å²) >= 11 is 0. The molecular formula is C23H22N6O2. The third-order valence-corrected chi connectivity index (χ3v) is 5.70. The van der Waals surface area contributed by atoms with Crippen molar-refractivity contribution in [2.24, 2.45) is 5.92 Å². The topological polar surface area (TPSA) is 96.2 Å². The molecule has 0 radical (unpaired) electrons. The number of benzene rings is 2. The Bertz CT molecular complexity index is 1220. The molecule has 31 heavy (non-hydrogen) atoms. The van der Waals surface area contributed by atoms with Crippen LogP contribution in [0.5, 0.6) is 5.75 Å². The van der Waals surface area contributed by atoms with Gasteiger partial charge in [0.25, 0.3) is 0 Å². The molecule has 0 spiro atoms. The molecule has 1 aliphatic rings. The van der Waals surface area contributed by atoms with E-state index in [9.17, 15) is 9.90 Å². The molecule has 2 aromatic heterocycles. The van der Waals surface area contributed by atoms with Gasteiger partial charge in [-0.05, 0) is 49.2 Å². The zero-order valence-corrected chi connectivity index (χ0v) is 16.8. The minimum atomic E-state index is -0.0522. The van der Waals surface area contributed by atoms with Gasteiger partial charge in [-0.3, -0.25) is 9.36 Å². The zero-order chi connectivity index (χ0) is 21.2. The Hall–Kier alpha value is -3.94. The molecule has 4 aromatic rings. The zero-order valence-electron chi connectivity index (χ0n) is 16.8. The lowest BCUT2D eigenvalue weighted by atomic mass is 9.95. The molecule has 0 saturated carbocycles. The Morgan fingerprint density at radius 2 is 1.77 bits per heavy atom. The summed E-state index contributed by atoms with van der Waals surface area (Å²) in [5.41, 5.74) is 2.25. The van der Waals surface area contributed by atoms with Gasteiger partial charge >= 0.3 is 0 Å². The second-order valence-electron chi connectivity index (χ2n) is 7.69. The number of rotatable bonds is 4. The lowest BCUT2D eigenvalue weighted by molar-refractivity contribution is -0.120. The molecule has 8 heteroatoms. The van der Waals surface area contributed by atoms with E-state index in [0.29, 0.717) is 5.52 Å². The third kappa shape index (κ3) is 3.92. The van der Waals surface area contributed by atoms with Gasteiger partial charge in [-0.2, -0.15) is 0 Å². The SMILES string of the molecule is O=C(Nc1cccc(-n2cnnc2)c1)C1CCN(c2ccc3cccc(O)c3n2)CC1. The number of anilines is 2. The summed E-state index contributed by atoms with van der Waals surface area (Å²) in [5.74, 6) is 0.991. The van der Waals surface area contributed by atoms with Crippen LogP contribution in [0.4, 0.5) is 11.5 Å². The number of amides is 1. The van der Waals surface area contributed by atoms with Gasteiger partial charge in [-0.25, -0.2) is 4.98 Å². The molecule has 0 bridgehead atoms. The van der Waals surface area contributed by atoms with Crippen molar-refractivity contribution in [1.29, 1.82) is 0 Å². The van der Waals surface area contributed by atoms with Crippen LogP contribution in [-0.2, 0) is 4.79 Å². The van der Waals surface area contributed by atoms with Crippen molar-refractivity contribution in [3.05, 3.63) is 67.3 Å². The van der Waals surface area contributed by atoms with Crippen LogP contribution >= 0.6 is 0 Å². The Morgan fingerprint density at radius 3 is 2.58 bits per heavy atom. The summed E-state index contributed by atoms with van der Waals surface area (Å²) in [5, 5.41) is 21.7. The molecule has 3 heterocycles. The molecule has 2 aromatic carbocycles. The fourth-order valence-electron chi connectivity index (χ4n) is 3.99. The summed E-state index contributed by atoms with van der Waals surface area (Å²) in [6, 6.07) is 17.0. The van der Waals surface area contributed by atoms with Crippen molar-refractivity contribution in [1.82, 2.24) is 19.7 Å². The van der Waals surface area contributed by atoms with Crippen molar-refractivity contribution in [3.8, 4) is 11.4 Å². The first kappa shape index (κ1) is 19.0. The number of fused-ring (bicyclic) bond motifs is 1. The van der Waals surface area contributed by atoms with Gasteiger partial charge in [0.2, 0.25) is 5.91 Å². The van der Waals surface area contributed by atoms with Crippen molar-refractivity contribution in [2.75, 3.05) is 23.3 Å². The van der Waals surface area contributed by atoms with Crippen LogP contribution in [0.2, 0.25) is 0 Å². The maximum Gasteiger partial charge on any atom is 0.227 e. The van der Waals surface area contributed by atoms with E-state index in [1.165, 1.54) is 0 Å². The molecular weight excluding hydrogens is 392 g/mol. The molecule has 0 aliphatic carbocycles. The second kappa shape index (κ2) is 8.06. The van der Waals surface area contributed by atoms with Crippen molar-refractivity contribution >= 4 is 28.3 Å². The number of piperidine rings is 1. The van der Waals surface area contributed by atoms with Crippen LogP contribution in [0.1, 0.15) is 12.8 Å². The Labute approximate surface area is 179 Å². The van der Waals surface area contributed by atoms with E-state index in [-0.39, 0.29) is 17.6 Å². The molecule has 5 rings (SSSR count). The molecule has 156 valence electrons. The molecule has 0 unspecified atom stereocenters. The number of phenolic OH excluding ortho intramolecular Hbond substituents is 1. The minimum Gasteiger partial charge on any atom is -0.506 e. The highest BCUT2D eigenvalue weighted by molar-refractivity contribution is 5.93. The maximum atomic E-state index is 12.8. The molecule has 8 nitrogen and oxygen atoms in total. The van der Waals surface area contributed by atoms with E-state index < -0.39 is 0 Å². The van der Waals surface area contributed by atoms with Gasteiger partial charge in [-0.1, -0.05) is 18.2 Å². The number of aromatic hydroxyl groups is 1. The van der Waals surface area contributed by atoms with Gasteiger partial charge in [-0.15, -0.1) is 10.2 Å². The van der Waals surface area contributed by atoms with Crippen LogP contribution < -0.4 is 10.2 Å². The van der Waals surface area contributed by atoms with Gasteiger partial charge < -0.3 is 15.3 Å². The van der Waals surface area contributed by atoms with Gasteiger partial charge in [0.15, 0.2) is 0 Å². The summed E-state index contributed by atoms with van der Waals surface area (Å²) in [6.45, 7) is 1.48. The quantitative estimate of drug-likeness (QED) is 0.532. The van der Waals surface area contributed by atoms with Crippen molar-refractivity contribution in [3.63, 3.8) is 0 Å². The highest BCUT2D eigenvalue weighted by atomic mass is 16.3. The number of carbonyl (C=O) groups excluding carboxylic acids is 1. The highest BCUT2D eigenvalue weighted by Crippen LogP contribution is 2.28. The minimum absolute atomic E-state index is 0.0321. The molecule has 0 atom stereocenters. The number of phenols is 1. The van der Waals surface area contributed by atoms with Crippen LogP contribution in [0.3, 0.4) is 0 Å². The van der Waals surface area contributed by atoms with Crippen LogP contribution in [-0.4, -0.2) is 43.9 Å². The standard InChI is InChI=1S/C23H22N6O2/c30-20-6-1-3-16-7-8-21(27-22(16)20)28-11-9-17(10-12-28)23(31)26-18-4-2-5-19(13-18)29-14-24-25-15-29/h1-8,13-15,17,30H,9-12H2,(H,26,31). The second-order valence-corrected chi connectivity index (χ2v) is 7.69. The Kier molecular flexibility index (Phi) is 4.95. The molecule has 1 aliphatic heterocycles. The fourth-order valence-corrected chi connectivity index (χ4v) is 3.99. The lowest BCUT2D eigenvalue weighted by Gasteiger charge is -2.32. The average Bonchev–Trinajstić information content (AvgIpc) is 3.35. The first-order chi connectivity index (χ1) is 15.2. The van der Waals surface area contributed by atoms with Gasteiger partial charge in [0.1, 0.15) is 29.7 Å². The largest absolute Gasteiger partial charge is 0.506 e. The number of carbonyl (C=O) groups is 1. The van der Waals surface area contributed by atoms with E-state index in [2.05, 4.69) is 25.4 Å². The smallest absolute Gasteiger partial charge is 0.227 e. The predicted molar refractivity (Wildman–Crippen MR) is 118 cm³/mol. The molecule has 1 saturated heterocycles. The highest BCUT2D eigenvalue weighted by Gasteiger charge is 2.26. The summed E-state index contributed by atoms with van der Waals surface area (Å²) in [7, 11) is 0. The first-order valence-corrected chi connectivity index (χ1v) is 10.3. The number of nitrogens with one attached hydrogen (secondary N) is 1.